The fourth-order valence-electron chi connectivity index (χ4n) is 1.60. The second kappa shape index (κ2) is 4.23. The topological polar surface area (TPSA) is 59.0 Å². The zero-order valence-electron chi connectivity index (χ0n) is 7.94. The fourth-order valence-corrected chi connectivity index (χ4v) is 1.60. The number of nitrogens with one attached hydrogen (secondary N) is 2. The fraction of sp³-hybridized carbons (Fsp3) is 0.556. The predicted octanol–water partition coefficient (Wildman–Crippen LogP) is -0.639. The second-order valence-electron chi connectivity index (χ2n) is 3.49. The Morgan fingerprint density at radius 2 is 2.64 bits per heavy atom. The van der Waals surface area contributed by atoms with Gasteiger partial charge >= 0.3 is 0 Å². The van der Waals surface area contributed by atoms with Gasteiger partial charge in [-0.1, -0.05) is 0 Å². The number of amides is 1. The van der Waals surface area contributed by atoms with Gasteiger partial charge in [0.2, 0.25) is 5.91 Å². The zero-order chi connectivity index (χ0) is 9.80. The highest BCUT2D eigenvalue weighted by Crippen LogP contribution is 1.97. The molecule has 0 spiro atoms. The van der Waals surface area contributed by atoms with E-state index in [1.54, 1.807) is 23.3 Å². The summed E-state index contributed by atoms with van der Waals surface area (Å²) in [5, 5.41) is 6.17. The normalized spacial score (nSPS) is 21.0. The van der Waals surface area contributed by atoms with Crippen LogP contribution in [-0.2, 0) is 11.3 Å². The first-order chi connectivity index (χ1) is 6.84. The molecule has 5 nitrogen and oxygen atoms in total. The monoisotopic (exact) mass is 194 g/mol. The number of carbonyl (C=O) groups is 1. The summed E-state index contributed by atoms with van der Waals surface area (Å²) in [6.45, 7) is 2.24. The van der Waals surface area contributed by atoms with Crippen molar-refractivity contribution in [2.24, 2.45) is 0 Å². The maximum Gasteiger partial charge on any atom is 0.240 e. The summed E-state index contributed by atoms with van der Waals surface area (Å²) in [7, 11) is 0. The molecule has 1 aliphatic heterocycles. The number of carbonyl (C=O) groups excluding carboxylic acids is 1. The van der Waals surface area contributed by atoms with Crippen molar-refractivity contribution in [2.45, 2.75) is 19.0 Å². The van der Waals surface area contributed by atoms with Crippen LogP contribution in [-0.4, -0.2) is 34.6 Å². The Labute approximate surface area is 82.5 Å². The summed E-state index contributed by atoms with van der Waals surface area (Å²) in [5.41, 5.74) is 0. The third-order valence-electron chi connectivity index (χ3n) is 2.31. The Morgan fingerprint density at radius 1 is 1.71 bits per heavy atom. The quantitative estimate of drug-likeness (QED) is 0.673. The lowest BCUT2D eigenvalue weighted by Gasteiger charge is -2.11. The van der Waals surface area contributed by atoms with E-state index in [0.29, 0.717) is 12.6 Å². The molecular weight excluding hydrogens is 180 g/mol. The van der Waals surface area contributed by atoms with Crippen LogP contribution in [0.15, 0.2) is 18.7 Å². The minimum atomic E-state index is 0.0525. The predicted molar refractivity (Wildman–Crippen MR) is 51.6 cm³/mol. The highest BCUT2D eigenvalue weighted by Gasteiger charge is 2.16. The lowest BCUT2D eigenvalue weighted by Crippen LogP contribution is -2.38. The average molecular weight is 194 g/mol. The molecule has 1 saturated heterocycles. The van der Waals surface area contributed by atoms with Gasteiger partial charge in [-0.15, -0.1) is 0 Å². The van der Waals surface area contributed by atoms with Gasteiger partial charge in [0.25, 0.3) is 0 Å². The molecule has 2 heterocycles. The van der Waals surface area contributed by atoms with Gasteiger partial charge in [0, 0.05) is 25.0 Å². The molecule has 1 amide bonds. The smallest absolute Gasteiger partial charge is 0.240 e. The molecule has 0 aliphatic carbocycles. The van der Waals surface area contributed by atoms with Gasteiger partial charge in [0.05, 0.1) is 6.33 Å². The molecule has 1 aromatic heterocycles. The van der Waals surface area contributed by atoms with Gasteiger partial charge in [-0.3, -0.25) is 4.79 Å². The minimum absolute atomic E-state index is 0.0525. The lowest BCUT2D eigenvalue weighted by atomic mass is 10.2. The molecule has 0 bridgehead atoms. The highest BCUT2D eigenvalue weighted by molar-refractivity contribution is 5.76. The Bertz CT molecular complexity index is 290. The van der Waals surface area contributed by atoms with Crippen molar-refractivity contribution >= 4 is 5.91 Å². The minimum Gasteiger partial charge on any atom is -0.350 e. The summed E-state index contributed by atoms with van der Waals surface area (Å²) >= 11 is 0. The molecular formula is C9H14N4O. The van der Waals surface area contributed by atoms with Gasteiger partial charge < -0.3 is 15.2 Å². The van der Waals surface area contributed by atoms with Gasteiger partial charge in [0.15, 0.2) is 0 Å². The van der Waals surface area contributed by atoms with E-state index in [1.807, 2.05) is 0 Å². The molecule has 2 rings (SSSR count). The molecule has 0 saturated carbocycles. The third-order valence-corrected chi connectivity index (χ3v) is 2.31. The zero-order valence-corrected chi connectivity index (χ0v) is 7.94. The van der Waals surface area contributed by atoms with Crippen LogP contribution in [0.4, 0.5) is 0 Å². The molecule has 0 radical (unpaired) electrons. The van der Waals surface area contributed by atoms with Crippen molar-refractivity contribution in [3.63, 3.8) is 0 Å². The maximum absolute atomic E-state index is 11.5. The van der Waals surface area contributed by atoms with E-state index in [9.17, 15) is 4.79 Å². The SMILES string of the molecule is O=C(Cn1ccnc1)NC1CCNC1. The molecule has 0 aromatic carbocycles. The van der Waals surface area contributed by atoms with Gasteiger partial charge in [-0.25, -0.2) is 4.98 Å². The van der Waals surface area contributed by atoms with E-state index in [2.05, 4.69) is 15.6 Å². The van der Waals surface area contributed by atoms with Crippen molar-refractivity contribution in [1.82, 2.24) is 20.2 Å². The highest BCUT2D eigenvalue weighted by atomic mass is 16.2. The molecule has 76 valence electrons. The number of hydrogen-bond donors (Lipinski definition) is 2. The van der Waals surface area contributed by atoms with Crippen molar-refractivity contribution in [2.75, 3.05) is 13.1 Å². The first-order valence-electron chi connectivity index (χ1n) is 4.80. The summed E-state index contributed by atoms with van der Waals surface area (Å²) in [4.78, 5) is 15.4. The van der Waals surface area contributed by atoms with Crippen LogP contribution in [0.1, 0.15) is 6.42 Å². The van der Waals surface area contributed by atoms with E-state index in [1.165, 1.54) is 0 Å². The maximum atomic E-state index is 11.5. The Kier molecular flexibility index (Phi) is 2.78. The van der Waals surface area contributed by atoms with Crippen LogP contribution in [0, 0.1) is 0 Å². The van der Waals surface area contributed by atoms with Crippen molar-refractivity contribution in [1.29, 1.82) is 0 Å². The van der Waals surface area contributed by atoms with Crippen LogP contribution in [0.25, 0.3) is 0 Å². The Morgan fingerprint density at radius 3 is 3.29 bits per heavy atom. The number of nitrogens with zero attached hydrogens (tertiary/aromatic N) is 2. The number of aromatic nitrogens is 2. The molecule has 14 heavy (non-hydrogen) atoms. The van der Waals surface area contributed by atoms with E-state index < -0.39 is 0 Å². The summed E-state index contributed by atoms with van der Waals surface area (Å²) in [5.74, 6) is 0.0525. The number of hydrogen-bond acceptors (Lipinski definition) is 3. The Hall–Kier alpha value is -1.36. The first kappa shape index (κ1) is 9.21. The van der Waals surface area contributed by atoms with Gasteiger partial charge in [-0.2, -0.15) is 0 Å². The second-order valence-corrected chi connectivity index (χ2v) is 3.49. The third kappa shape index (κ3) is 2.32. The average Bonchev–Trinajstić information content (AvgIpc) is 2.76. The molecule has 1 fully saturated rings. The van der Waals surface area contributed by atoms with Crippen molar-refractivity contribution in [3.05, 3.63) is 18.7 Å². The van der Waals surface area contributed by atoms with E-state index in [0.717, 1.165) is 19.5 Å². The molecule has 2 N–H and O–H groups in total. The van der Waals surface area contributed by atoms with E-state index in [4.69, 9.17) is 0 Å². The van der Waals surface area contributed by atoms with Gasteiger partial charge in [0.1, 0.15) is 6.54 Å². The number of rotatable bonds is 3. The lowest BCUT2D eigenvalue weighted by molar-refractivity contribution is -0.122. The van der Waals surface area contributed by atoms with Crippen molar-refractivity contribution < 1.29 is 4.79 Å². The molecule has 1 atom stereocenters. The molecule has 5 heteroatoms. The van der Waals surface area contributed by atoms with E-state index in [-0.39, 0.29) is 5.91 Å². The van der Waals surface area contributed by atoms with Crippen LogP contribution in [0.3, 0.4) is 0 Å². The number of imidazole rings is 1. The van der Waals surface area contributed by atoms with E-state index >= 15 is 0 Å². The van der Waals surface area contributed by atoms with Gasteiger partial charge in [-0.05, 0) is 13.0 Å². The standard InChI is InChI=1S/C9H14N4O/c14-9(6-13-4-3-11-7-13)12-8-1-2-10-5-8/h3-4,7-8,10H,1-2,5-6H2,(H,12,14). The van der Waals surface area contributed by atoms with Crippen LogP contribution in [0.2, 0.25) is 0 Å². The molecule has 1 aliphatic rings. The molecule has 1 aromatic rings. The summed E-state index contributed by atoms with van der Waals surface area (Å²) < 4.78 is 1.76. The van der Waals surface area contributed by atoms with Crippen LogP contribution in [0.5, 0.6) is 0 Å². The molecule has 1 unspecified atom stereocenters. The Balaban J connectivity index is 1.78. The summed E-state index contributed by atoms with van der Waals surface area (Å²) in [6, 6.07) is 0.297. The summed E-state index contributed by atoms with van der Waals surface area (Å²) in [6.07, 6.45) is 6.12. The first-order valence-corrected chi connectivity index (χ1v) is 4.80. The van der Waals surface area contributed by atoms with Crippen LogP contribution < -0.4 is 10.6 Å². The van der Waals surface area contributed by atoms with Crippen molar-refractivity contribution in [3.8, 4) is 0 Å². The largest absolute Gasteiger partial charge is 0.350 e. The van der Waals surface area contributed by atoms with Crippen LogP contribution >= 0.6 is 0 Å².